The van der Waals surface area contributed by atoms with Crippen LogP contribution in [0, 0.1) is 0 Å². The minimum Gasteiger partial charge on any atom is -0.497 e. The van der Waals surface area contributed by atoms with Crippen molar-refractivity contribution in [1.82, 2.24) is 4.90 Å². The maximum atomic E-state index is 10.5. The fraction of sp³-hybridized carbons (Fsp3) is 0.304. The largest absolute Gasteiger partial charge is 0.497 e. The number of hydrogen-bond acceptors (Lipinski definition) is 5. The summed E-state index contributed by atoms with van der Waals surface area (Å²) < 4.78 is 16.2. The van der Waals surface area contributed by atoms with E-state index in [-0.39, 0.29) is 6.61 Å². The predicted molar refractivity (Wildman–Crippen MR) is 108 cm³/mol. The van der Waals surface area contributed by atoms with E-state index < -0.39 is 6.10 Å². The minimum absolute atomic E-state index is 0.254. The molecule has 0 aliphatic carbocycles. The smallest absolute Gasteiger partial charge is 0.129 e. The van der Waals surface area contributed by atoms with Gasteiger partial charge in [0.2, 0.25) is 0 Å². The Bertz CT molecular complexity index is 804. The second kappa shape index (κ2) is 10.7. The fourth-order valence-corrected chi connectivity index (χ4v) is 3.10. The van der Waals surface area contributed by atoms with Gasteiger partial charge in [0.25, 0.3) is 0 Å². The van der Waals surface area contributed by atoms with Gasteiger partial charge in [-0.2, -0.15) is 0 Å². The van der Waals surface area contributed by atoms with Crippen LogP contribution in [0.3, 0.4) is 0 Å². The SMILES string of the molecule is COc1cccc(CN(Cc2ccccc2)C[C@@H](O)COCc2ccco2)c1. The summed E-state index contributed by atoms with van der Waals surface area (Å²) in [4.78, 5) is 2.21. The standard InChI is InChI=1S/C23H27NO4/c1-26-22-10-5-9-20(13-22)15-24(14-19-7-3-2-4-8-19)16-21(25)17-27-18-23-11-6-12-28-23/h2-13,21,25H,14-18H2,1H3/t21-/m1/s1. The van der Waals surface area contributed by atoms with Crippen LogP contribution in [0.5, 0.6) is 5.75 Å². The molecule has 0 spiro atoms. The van der Waals surface area contributed by atoms with Gasteiger partial charge in [-0.3, -0.25) is 4.90 Å². The molecule has 0 bridgehead atoms. The minimum atomic E-state index is -0.593. The van der Waals surface area contributed by atoms with Gasteiger partial charge in [0.15, 0.2) is 0 Å². The lowest BCUT2D eigenvalue weighted by atomic mass is 10.1. The van der Waals surface area contributed by atoms with Gasteiger partial charge in [-0.15, -0.1) is 0 Å². The molecule has 5 heteroatoms. The Morgan fingerprint density at radius 2 is 1.75 bits per heavy atom. The topological polar surface area (TPSA) is 55.1 Å². The lowest BCUT2D eigenvalue weighted by Crippen LogP contribution is -2.34. The van der Waals surface area contributed by atoms with Gasteiger partial charge in [0, 0.05) is 19.6 Å². The van der Waals surface area contributed by atoms with Gasteiger partial charge in [-0.25, -0.2) is 0 Å². The van der Waals surface area contributed by atoms with Crippen molar-refractivity contribution in [1.29, 1.82) is 0 Å². The maximum Gasteiger partial charge on any atom is 0.129 e. The Morgan fingerprint density at radius 3 is 2.50 bits per heavy atom. The summed E-state index contributed by atoms with van der Waals surface area (Å²) in [5.74, 6) is 1.59. The van der Waals surface area contributed by atoms with Gasteiger partial charge >= 0.3 is 0 Å². The van der Waals surface area contributed by atoms with Crippen LogP contribution in [0.25, 0.3) is 0 Å². The molecular weight excluding hydrogens is 354 g/mol. The van der Waals surface area contributed by atoms with Crippen LogP contribution in [-0.4, -0.2) is 36.4 Å². The zero-order valence-electron chi connectivity index (χ0n) is 16.2. The van der Waals surface area contributed by atoms with Gasteiger partial charge in [0.05, 0.1) is 26.1 Å². The first-order chi connectivity index (χ1) is 13.7. The molecule has 5 nitrogen and oxygen atoms in total. The molecule has 0 saturated carbocycles. The molecule has 0 amide bonds. The van der Waals surface area contributed by atoms with Gasteiger partial charge < -0.3 is 19.0 Å². The highest BCUT2D eigenvalue weighted by Gasteiger charge is 2.14. The van der Waals surface area contributed by atoms with E-state index in [0.717, 1.165) is 23.6 Å². The van der Waals surface area contributed by atoms with Gasteiger partial charge in [-0.1, -0.05) is 42.5 Å². The Labute approximate surface area is 166 Å². The van der Waals surface area contributed by atoms with Crippen LogP contribution in [0.15, 0.2) is 77.4 Å². The molecule has 1 N–H and O–H groups in total. The van der Waals surface area contributed by atoms with Crippen molar-refractivity contribution in [3.8, 4) is 5.75 Å². The summed E-state index contributed by atoms with van der Waals surface area (Å²) in [5, 5.41) is 10.5. The van der Waals surface area contributed by atoms with Crippen molar-refractivity contribution >= 4 is 0 Å². The Kier molecular flexibility index (Phi) is 7.67. The van der Waals surface area contributed by atoms with Crippen molar-refractivity contribution < 1.29 is 19.0 Å². The molecule has 0 radical (unpaired) electrons. The Hall–Kier alpha value is -2.60. The highest BCUT2D eigenvalue weighted by atomic mass is 16.5. The quantitative estimate of drug-likeness (QED) is 0.546. The van der Waals surface area contributed by atoms with E-state index >= 15 is 0 Å². The van der Waals surface area contributed by atoms with E-state index in [1.807, 2.05) is 48.5 Å². The number of rotatable bonds is 11. The number of furan rings is 1. The third-order valence-electron chi connectivity index (χ3n) is 4.39. The number of aliphatic hydroxyl groups is 1. The maximum absolute atomic E-state index is 10.5. The molecule has 0 saturated heterocycles. The summed E-state index contributed by atoms with van der Waals surface area (Å²) in [6, 6.07) is 22.0. The first-order valence-electron chi connectivity index (χ1n) is 9.40. The summed E-state index contributed by atoms with van der Waals surface area (Å²) >= 11 is 0. The van der Waals surface area contributed by atoms with Crippen LogP contribution in [0.4, 0.5) is 0 Å². The number of methoxy groups -OCH3 is 1. The van der Waals surface area contributed by atoms with E-state index in [9.17, 15) is 5.11 Å². The van der Waals surface area contributed by atoms with Crippen LogP contribution in [-0.2, 0) is 24.4 Å². The van der Waals surface area contributed by atoms with E-state index in [0.29, 0.717) is 19.7 Å². The van der Waals surface area contributed by atoms with E-state index in [4.69, 9.17) is 13.9 Å². The zero-order valence-corrected chi connectivity index (χ0v) is 16.2. The predicted octanol–water partition coefficient (Wildman–Crippen LogP) is 3.87. The van der Waals surface area contributed by atoms with E-state index in [1.165, 1.54) is 5.56 Å². The highest BCUT2D eigenvalue weighted by Crippen LogP contribution is 2.16. The number of aliphatic hydroxyl groups excluding tert-OH is 1. The molecule has 0 aliphatic heterocycles. The zero-order chi connectivity index (χ0) is 19.6. The van der Waals surface area contributed by atoms with Crippen molar-refractivity contribution in [3.05, 3.63) is 89.9 Å². The first kappa shape index (κ1) is 20.1. The average Bonchev–Trinajstić information content (AvgIpc) is 3.22. The third-order valence-corrected chi connectivity index (χ3v) is 4.39. The van der Waals surface area contributed by atoms with Crippen molar-refractivity contribution in [2.75, 3.05) is 20.3 Å². The summed E-state index contributed by atoms with van der Waals surface area (Å²) in [6.45, 7) is 2.57. The molecule has 1 aromatic heterocycles. The van der Waals surface area contributed by atoms with Crippen LogP contribution < -0.4 is 4.74 Å². The molecule has 3 aromatic rings. The number of hydrogen-bond donors (Lipinski definition) is 1. The summed E-state index contributed by atoms with van der Waals surface area (Å²) in [6.07, 6.45) is 1.02. The Morgan fingerprint density at radius 1 is 0.964 bits per heavy atom. The second-order valence-corrected chi connectivity index (χ2v) is 6.76. The second-order valence-electron chi connectivity index (χ2n) is 6.76. The van der Waals surface area contributed by atoms with Crippen molar-refractivity contribution in [3.63, 3.8) is 0 Å². The van der Waals surface area contributed by atoms with Crippen LogP contribution in [0.1, 0.15) is 16.9 Å². The van der Waals surface area contributed by atoms with E-state index in [2.05, 4.69) is 23.1 Å². The molecule has 2 aromatic carbocycles. The van der Waals surface area contributed by atoms with Gasteiger partial charge in [-0.05, 0) is 35.4 Å². The molecular formula is C23H27NO4. The monoisotopic (exact) mass is 381 g/mol. The molecule has 0 fully saturated rings. The van der Waals surface area contributed by atoms with E-state index in [1.54, 1.807) is 13.4 Å². The highest BCUT2D eigenvalue weighted by molar-refractivity contribution is 5.28. The summed E-state index contributed by atoms with van der Waals surface area (Å²) in [7, 11) is 1.67. The normalized spacial score (nSPS) is 12.2. The molecule has 28 heavy (non-hydrogen) atoms. The number of benzene rings is 2. The van der Waals surface area contributed by atoms with Crippen LogP contribution >= 0.6 is 0 Å². The lowest BCUT2D eigenvalue weighted by Gasteiger charge is -2.25. The summed E-state index contributed by atoms with van der Waals surface area (Å²) in [5.41, 5.74) is 2.34. The molecule has 0 aliphatic rings. The van der Waals surface area contributed by atoms with Crippen LogP contribution in [0.2, 0.25) is 0 Å². The molecule has 1 atom stereocenters. The number of nitrogens with zero attached hydrogens (tertiary/aromatic N) is 1. The molecule has 1 heterocycles. The average molecular weight is 381 g/mol. The molecule has 0 unspecified atom stereocenters. The Balaban J connectivity index is 1.59. The molecule has 3 rings (SSSR count). The first-order valence-corrected chi connectivity index (χ1v) is 9.40. The van der Waals surface area contributed by atoms with Crippen molar-refractivity contribution in [2.45, 2.75) is 25.8 Å². The van der Waals surface area contributed by atoms with Crippen molar-refractivity contribution in [2.24, 2.45) is 0 Å². The lowest BCUT2D eigenvalue weighted by molar-refractivity contribution is 0.00253. The fourth-order valence-electron chi connectivity index (χ4n) is 3.10. The number of ether oxygens (including phenoxy) is 2. The molecule has 148 valence electrons. The third kappa shape index (κ3) is 6.53. The van der Waals surface area contributed by atoms with Gasteiger partial charge in [0.1, 0.15) is 18.1 Å².